The number of aliphatic carboxylic acids is 3. The van der Waals surface area contributed by atoms with Crippen LogP contribution >= 0.6 is 0 Å². The Morgan fingerprint density at radius 3 is 1.40 bits per heavy atom. The minimum atomic E-state index is -2.97. The molecular formula is C6H5KO7Zn. The van der Waals surface area contributed by atoms with E-state index in [-0.39, 0.29) is 70.9 Å². The molecule has 1 N–H and O–H groups in total. The van der Waals surface area contributed by atoms with Gasteiger partial charge in [0, 0.05) is 24.8 Å². The van der Waals surface area contributed by atoms with Crippen LogP contribution in [0, 0.1) is 0 Å². The molecule has 0 heterocycles. The summed E-state index contributed by atoms with van der Waals surface area (Å²) in [6.07, 6.45) is -2.72. The molecule has 7 nitrogen and oxygen atoms in total. The van der Waals surface area contributed by atoms with Gasteiger partial charge in [-0.2, -0.15) is 0 Å². The first-order valence-electron chi connectivity index (χ1n) is 3.11. The predicted molar refractivity (Wildman–Crippen MR) is 29.2 cm³/mol. The first-order valence-corrected chi connectivity index (χ1v) is 3.11. The van der Waals surface area contributed by atoms with E-state index >= 15 is 0 Å². The molecule has 0 radical (unpaired) electrons. The van der Waals surface area contributed by atoms with E-state index in [0.717, 1.165) is 0 Å². The summed E-state index contributed by atoms with van der Waals surface area (Å²) in [6.45, 7) is 0. The summed E-state index contributed by atoms with van der Waals surface area (Å²) in [4.78, 5) is 30.0. The maximum absolute atomic E-state index is 10.1. The Balaban J connectivity index is -0.000000720. The zero-order valence-corrected chi connectivity index (χ0v) is 14.1. The number of carboxylic acids is 3. The van der Waals surface area contributed by atoms with Crippen molar-refractivity contribution in [2.45, 2.75) is 18.4 Å². The van der Waals surface area contributed by atoms with Crippen LogP contribution in [0.2, 0.25) is 0 Å². The summed E-state index contributed by atoms with van der Waals surface area (Å²) in [6, 6.07) is 0. The molecular weight excluding hydrogens is 289 g/mol. The third-order valence-electron chi connectivity index (χ3n) is 1.25. The van der Waals surface area contributed by atoms with Gasteiger partial charge in [0.05, 0.1) is 5.97 Å². The molecule has 0 unspecified atom stereocenters. The Morgan fingerprint density at radius 2 is 1.27 bits per heavy atom. The molecule has 0 bridgehead atoms. The number of aliphatic hydroxyl groups is 1. The van der Waals surface area contributed by atoms with Gasteiger partial charge in [-0.3, -0.25) is 0 Å². The van der Waals surface area contributed by atoms with Crippen LogP contribution in [0.15, 0.2) is 0 Å². The van der Waals surface area contributed by atoms with E-state index in [4.69, 9.17) is 5.11 Å². The number of hydrogen-bond donors (Lipinski definition) is 1. The predicted octanol–water partition coefficient (Wildman–Crippen LogP) is -8.25. The second-order valence-electron chi connectivity index (χ2n) is 2.42. The molecule has 0 aliphatic carbocycles. The number of carbonyl (C=O) groups excluding carboxylic acids is 3. The summed E-state index contributed by atoms with van der Waals surface area (Å²) >= 11 is 0. The smallest absolute Gasteiger partial charge is 0.550 e. The van der Waals surface area contributed by atoms with Gasteiger partial charge >= 0.3 is 70.9 Å². The fraction of sp³-hybridized carbons (Fsp3) is 0.500. The van der Waals surface area contributed by atoms with Crippen molar-refractivity contribution in [3.8, 4) is 0 Å². The first kappa shape index (κ1) is 21.0. The Labute approximate surface area is 140 Å². The van der Waals surface area contributed by atoms with Crippen molar-refractivity contribution in [2.75, 3.05) is 0 Å². The SMILES string of the molecule is O=C([O-])CC(O)(CC(=O)[O-])C(=O)[O-].[K+].[Zn+2]. The maximum atomic E-state index is 10.1. The van der Waals surface area contributed by atoms with Gasteiger partial charge in [0.1, 0.15) is 5.60 Å². The van der Waals surface area contributed by atoms with Gasteiger partial charge in [0.25, 0.3) is 0 Å². The first-order chi connectivity index (χ1) is 5.78. The summed E-state index contributed by atoms with van der Waals surface area (Å²) in [5.41, 5.74) is -2.97. The summed E-state index contributed by atoms with van der Waals surface area (Å²) in [5, 5.41) is 38.9. The topological polar surface area (TPSA) is 141 Å². The Kier molecular flexibility index (Phi) is 12.2. The molecule has 9 heteroatoms. The molecule has 0 amide bonds. The minimum Gasteiger partial charge on any atom is -0.550 e. The van der Waals surface area contributed by atoms with Crippen molar-refractivity contribution in [1.82, 2.24) is 0 Å². The molecule has 0 saturated carbocycles. The minimum absolute atomic E-state index is 0. The van der Waals surface area contributed by atoms with Crippen molar-refractivity contribution in [3.05, 3.63) is 0 Å². The molecule has 0 aliphatic heterocycles. The monoisotopic (exact) mass is 292 g/mol. The molecule has 0 aromatic carbocycles. The maximum Gasteiger partial charge on any atom is 2.00 e. The molecule has 15 heavy (non-hydrogen) atoms. The molecule has 0 spiro atoms. The third kappa shape index (κ3) is 8.44. The van der Waals surface area contributed by atoms with Gasteiger partial charge in [-0.25, -0.2) is 0 Å². The third-order valence-corrected chi connectivity index (χ3v) is 1.25. The number of carbonyl (C=O) groups is 3. The largest absolute Gasteiger partial charge is 2.00 e. The summed E-state index contributed by atoms with van der Waals surface area (Å²) < 4.78 is 0. The van der Waals surface area contributed by atoms with Crippen LogP contribution in [0.4, 0.5) is 0 Å². The van der Waals surface area contributed by atoms with E-state index in [1.165, 1.54) is 0 Å². The number of hydrogen-bond acceptors (Lipinski definition) is 7. The zero-order chi connectivity index (χ0) is 10.6. The van der Waals surface area contributed by atoms with Gasteiger partial charge in [0.2, 0.25) is 0 Å². The number of carboxylic acid groups (broad SMARTS) is 3. The summed E-state index contributed by atoms with van der Waals surface area (Å²) in [7, 11) is 0. The van der Waals surface area contributed by atoms with Crippen LogP contribution in [-0.4, -0.2) is 28.6 Å². The molecule has 0 rings (SSSR count). The van der Waals surface area contributed by atoms with E-state index in [9.17, 15) is 29.7 Å². The summed E-state index contributed by atoms with van der Waals surface area (Å²) in [5.74, 6) is -5.98. The fourth-order valence-electron chi connectivity index (χ4n) is 0.684. The average Bonchev–Trinajstić information content (AvgIpc) is 1.82. The van der Waals surface area contributed by atoms with Crippen molar-refractivity contribution < 1.29 is 106 Å². The van der Waals surface area contributed by atoms with Crippen LogP contribution in [0.1, 0.15) is 12.8 Å². The van der Waals surface area contributed by atoms with Crippen LogP contribution in [0.3, 0.4) is 0 Å². The van der Waals surface area contributed by atoms with Gasteiger partial charge in [-0.05, 0) is 0 Å². The van der Waals surface area contributed by atoms with Crippen LogP contribution in [0.25, 0.3) is 0 Å². The molecule has 0 fully saturated rings. The molecule has 0 aromatic rings. The van der Waals surface area contributed by atoms with Crippen molar-refractivity contribution in [2.24, 2.45) is 0 Å². The molecule has 0 aromatic heterocycles. The average molecular weight is 294 g/mol. The zero-order valence-electron chi connectivity index (χ0n) is 8.02. The van der Waals surface area contributed by atoms with E-state index in [0.29, 0.717) is 0 Å². The second kappa shape index (κ2) is 8.74. The van der Waals surface area contributed by atoms with Crippen molar-refractivity contribution in [1.29, 1.82) is 0 Å². The van der Waals surface area contributed by atoms with Crippen LogP contribution in [0.5, 0.6) is 0 Å². The van der Waals surface area contributed by atoms with Gasteiger partial charge in [-0.1, -0.05) is 0 Å². The molecule has 0 saturated heterocycles. The van der Waals surface area contributed by atoms with E-state index < -0.39 is 36.4 Å². The Bertz CT molecular complexity index is 238. The van der Waals surface area contributed by atoms with Crippen LogP contribution < -0.4 is 66.7 Å². The van der Waals surface area contributed by atoms with E-state index in [2.05, 4.69) is 0 Å². The molecule has 0 atom stereocenters. The van der Waals surface area contributed by atoms with E-state index in [1.807, 2.05) is 0 Å². The van der Waals surface area contributed by atoms with Crippen LogP contribution in [-0.2, 0) is 33.9 Å². The van der Waals surface area contributed by atoms with Gasteiger partial charge in [0.15, 0.2) is 0 Å². The fourth-order valence-corrected chi connectivity index (χ4v) is 0.684. The van der Waals surface area contributed by atoms with Gasteiger partial charge < -0.3 is 34.8 Å². The Hall–Kier alpha value is 0.630. The molecule has 0 aliphatic rings. The van der Waals surface area contributed by atoms with E-state index in [1.54, 1.807) is 0 Å². The normalized spacial score (nSPS) is 9.40. The molecule has 74 valence electrons. The quantitative estimate of drug-likeness (QED) is 0.496. The van der Waals surface area contributed by atoms with Gasteiger partial charge in [-0.15, -0.1) is 0 Å². The van der Waals surface area contributed by atoms with Crippen molar-refractivity contribution in [3.63, 3.8) is 0 Å². The second-order valence-corrected chi connectivity index (χ2v) is 2.42. The Morgan fingerprint density at radius 1 is 1.00 bits per heavy atom. The number of rotatable bonds is 5. The standard InChI is InChI=1S/C6H8O7.K.Zn/c7-3(8)1-6(13,5(11)12)2-4(9)10;;/h13H,1-2H2,(H,7,8)(H,9,10)(H,11,12);;/q;+1;+2/p-3. The van der Waals surface area contributed by atoms with Crippen molar-refractivity contribution >= 4 is 17.9 Å².